The second-order valence-electron chi connectivity index (χ2n) is 6.57. The molecule has 0 aliphatic heterocycles. The maximum atomic E-state index is 9.85. The number of fused-ring (bicyclic) bond motifs is 5. The lowest BCUT2D eigenvalue weighted by Crippen LogP contribution is -2.04. The Hall–Kier alpha value is -2.36. The number of phenols is 4. The maximum absolute atomic E-state index is 9.85. The molecule has 4 nitrogen and oxygen atoms in total. The molecule has 0 fully saturated rings. The van der Waals surface area contributed by atoms with Crippen LogP contribution in [-0.4, -0.2) is 20.4 Å². The third-order valence-electron chi connectivity index (χ3n) is 5.52. The minimum Gasteiger partial charge on any atom is -0.504 e. The van der Waals surface area contributed by atoms with Gasteiger partial charge in [0.1, 0.15) is 0 Å². The molecule has 4 unspecified atom stereocenters. The van der Waals surface area contributed by atoms with Crippen LogP contribution in [-0.2, 0) is 0 Å². The fourth-order valence-corrected chi connectivity index (χ4v) is 4.52. The zero-order chi connectivity index (χ0) is 15.8. The standard InChI is InChI=1S/C18H18O4/c1-7-9-3-13(19)15(21)5-11(9)18-8(2)10-4-14(20)16(22)6-12(10)17(7)18/h3-8,17-22H,1-2H3. The number of hydrogen-bond acceptors (Lipinski definition) is 4. The van der Waals surface area contributed by atoms with Crippen molar-refractivity contribution in [2.45, 2.75) is 37.5 Å². The van der Waals surface area contributed by atoms with E-state index >= 15 is 0 Å². The Kier molecular flexibility index (Phi) is 2.48. The van der Waals surface area contributed by atoms with Crippen LogP contribution < -0.4 is 0 Å². The van der Waals surface area contributed by atoms with E-state index in [2.05, 4.69) is 13.8 Å². The third kappa shape index (κ3) is 1.47. The molecule has 0 aromatic heterocycles. The zero-order valence-corrected chi connectivity index (χ0v) is 12.4. The lowest BCUT2D eigenvalue weighted by Gasteiger charge is -2.18. The normalized spacial score (nSPS) is 28.3. The second kappa shape index (κ2) is 4.09. The van der Waals surface area contributed by atoms with Crippen LogP contribution in [0.1, 0.15) is 59.8 Å². The molecule has 0 saturated carbocycles. The Balaban J connectivity index is 1.94. The lowest BCUT2D eigenvalue weighted by molar-refractivity contribution is 0.402. The van der Waals surface area contributed by atoms with Gasteiger partial charge in [-0.1, -0.05) is 13.8 Å². The lowest BCUT2D eigenvalue weighted by atomic mass is 9.85. The van der Waals surface area contributed by atoms with E-state index in [0.717, 1.165) is 22.3 Å². The fraction of sp³-hybridized carbons (Fsp3) is 0.333. The van der Waals surface area contributed by atoms with E-state index in [4.69, 9.17) is 0 Å². The van der Waals surface area contributed by atoms with Crippen LogP contribution >= 0.6 is 0 Å². The molecule has 2 aliphatic rings. The first-order valence-corrected chi connectivity index (χ1v) is 7.51. The average molecular weight is 298 g/mol. The molecule has 0 saturated heterocycles. The van der Waals surface area contributed by atoms with Crippen LogP contribution in [0.2, 0.25) is 0 Å². The van der Waals surface area contributed by atoms with Gasteiger partial charge in [0.2, 0.25) is 0 Å². The van der Waals surface area contributed by atoms with Gasteiger partial charge in [-0.3, -0.25) is 0 Å². The van der Waals surface area contributed by atoms with Crippen LogP contribution in [0.5, 0.6) is 23.0 Å². The molecule has 0 bridgehead atoms. The molecular weight excluding hydrogens is 280 g/mol. The molecule has 2 aromatic rings. The van der Waals surface area contributed by atoms with Crippen LogP contribution in [0.4, 0.5) is 0 Å². The van der Waals surface area contributed by atoms with Gasteiger partial charge in [0, 0.05) is 0 Å². The third-order valence-corrected chi connectivity index (χ3v) is 5.52. The van der Waals surface area contributed by atoms with Gasteiger partial charge in [0.15, 0.2) is 23.0 Å². The highest BCUT2D eigenvalue weighted by Crippen LogP contribution is 2.64. The molecule has 0 heterocycles. The van der Waals surface area contributed by atoms with Crippen LogP contribution in [0.15, 0.2) is 24.3 Å². The Bertz CT molecular complexity index is 729. The van der Waals surface area contributed by atoms with Gasteiger partial charge in [-0.2, -0.15) is 0 Å². The summed E-state index contributed by atoms with van der Waals surface area (Å²) in [5.41, 5.74) is 4.21. The molecular formula is C18H18O4. The highest BCUT2D eigenvalue weighted by atomic mass is 16.3. The average Bonchev–Trinajstić information content (AvgIpc) is 2.89. The summed E-state index contributed by atoms with van der Waals surface area (Å²) in [6.45, 7) is 4.21. The van der Waals surface area contributed by atoms with Crippen molar-refractivity contribution in [1.82, 2.24) is 0 Å². The zero-order valence-electron chi connectivity index (χ0n) is 12.4. The van der Waals surface area contributed by atoms with Gasteiger partial charge in [0.25, 0.3) is 0 Å². The van der Waals surface area contributed by atoms with Gasteiger partial charge in [0.05, 0.1) is 0 Å². The Labute approximate surface area is 128 Å². The summed E-state index contributed by atoms with van der Waals surface area (Å²) in [7, 11) is 0. The maximum Gasteiger partial charge on any atom is 0.157 e. The monoisotopic (exact) mass is 298 g/mol. The van der Waals surface area contributed by atoms with E-state index in [0.29, 0.717) is 0 Å². The van der Waals surface area contributed by atoms with Crippen molar-refractivity contribution < 1.29 is 20.4 Å². The van der Waals surface area contributed by atoms with E-state index in [1.165, 1.54) is 0 Å². The predicted octanol–water partition coefficient (Wildman–Crippen LogP) is 3.61. The van der Waals surface area contributed by atoms with Crippen molar-refractivity contribution in [2.75, 3.05) is 0 Å². The molecule has 2 aliphatic carbocycles. The molecule has 4 N–H and O–H groups in total. The first-order chi connectivity index (χ1) is 10.4. The molecule has 4 atom stereocenters. The molecule has 114 valence electrons. The molecule has 0 amide bonds. The predicted molar refractivity (Wildman–Crippen MR) is 81.9 cm³/mol. The number of benzene rings is 2. The fourth-order valence-electron chi connectivity index (χ4n) is 4.52. The number of hydrogen-bond donors (Lipinski definition) is 4. The van der Waals surface area contributed by atoms with Crippen LogP contribution in [0.25, 0.3) is 0 Å². The molecule has 0 spiro atoms. The van der Waals surface area contributed by atoms with E-state index in [1.54, 1.807) is 24.3 Å². The Morgan fingerprint density at radius 3 is 1.14 bits per heavy atom. The highest BCUT2D eigenvalue weighted by molar-refractivity contribution is 5.61. The summed E-state index contributed by atoms with van der Waals surface area (Å²) >= 11 is 0. The van der Waals surface area contributed by atoms with Gasteiger partial charge in [-0.15, -0.1) is 0 Å². The summed E-state index contributed by atoms with van der Waals surface area (Å²) in [6.07, 6.45) is 0. The molecule has 0 radical (unpaired) electrons. The molecule has 2 aromatic carbocycles. The smallest absolute Gasteiger partial charge is 0.157 e. The summed E-state index contributed by atoms with van der Waals surface area (Å²) < 4.78 is 0. The Morgan fingerprint density at radius 2 is 0.818 bits per heavy atom. The van der Waals surface area contributed by atoms with Crippen LogP contribution in [0, 0.1) is 0 Å². The number of phenolic OH excluding ortho intramolecular Hbond substituents is 4. The minimum absolute atomic E-state index is 0.0907. The van der Waals surface area contributed by atoms with Crippen LogP contribution in [0.3, 0.4) is 0 Å². The minimum atomic E-state index is -0.0968. The summed E-state index contributed by atoms with van der Waals surface area (Å²) in [5, 5.41) is 39.3. The van der Waals surface area contributed by atoms with Gasteiger partial charge >= 0.3 is 0 Å². The molecule has 4 heteroatoms. The van der Waals surface area contributed by atoms with Crippen molar-refractivity contribution >= 4 is 0 Å². The van der Waals surface area contributed by atoms with Crippen molar-refractivity contribution in [3.05, 3.63) is 46.5 Å². The molecule has 4 rings (SSSR count). The summed E-state index contributed by atoms with van der Waals surface area (Å²) in [5.74, 6) is 0.360. The summed E-state index contributed by atoms with van der Waals surface area (Å²) in [6, 6.07) is 6.63. The first kappa shape index (κ1) is 13.3. The van der Waals surface area contributed by atoms with E-state index in [1.807, 2.05) is 0 Å². The van der Waals surface area contributed by atoms with Crippen molar-refractivity contribution in [3.63, 3.8) is 0 Å². The van der Waals surface area contributed by atoms with E-state index in [-0.39, 0.29) is 46.7 Å². The SMILES string of the molecule is CC1c2cc(O)c(O)cc2C2C(C)c3cc(O)c(O)cc3C12. The molecule has 22 heavy (non-hydrogen) atoms. The van der Waals surface area contributed by atoms with Gasteiger partial charge in [-0.25, -0.2) is 0 Å². The summed E-state index contributed by atoms with van der Waals surface area (Å²) in [4.78, 5) is 0. The largest absolute Gasteiger partial charge is 0.504 e. The van der Waals surface area contributed by atoms with Gasteiger partial charge in [-0.05, 0) is 70.2 Å². The number of rotatable bonds is 0. The second-order valence-corrected chi connectivity index (χ2v) is 6.57. The Morgan fingerprint density at radius 1 is 0.545 bits per heavy atom. The van der Waals surface area contributed by atoms with Crippen molar-refractivity contribution in [2.24, 2.45) is 0 Å². The quantitative estimate of drug-likeness (QED) is 0.560. The topological polar surface area (TPSA) is 80.9 Å². The highest BCUT2D eigenvalue weighted by Gasteiger charge is 2.48. The van der Waals surface area contributed by atoms with Crippen molar-refractivity contribution in [3.8, 4) is 23.0 Å². The first-order valence-electron chi connectivity index (χ1n) is 7.51. The van der Waals surface area contributed by atoms with Gasteiger partial charge < -0.3 is 20.4 Å². The van der Waals surface area contributed by atoms with E-state index < -0.39 is 0 Å². The number of aromatic hydroxyl groups is 4. The van der Waals surface area contributed by atoms with Crippen molar-refractivity contribution in [1.29, 1.82) is 0 Å². The van der Waals surface area contributed by atoms with E-state index in [9.17, 15) is 20.4 Å².